The standard InChI is InChI=1S/C14H20BrNO3/c1-13(2,14(3,4)19)16-8-10-6-5-9(12(17)18)7-11(10)15/h5-7,16,19H,8H2,1-4H3,(H,17,18). The smallest absolute Gasteiger partial charge is 0.335 e. The van der Waals surface area contributed by atoms with E-state index in [0.717, 1.165) is 10.0 Å². The van der Waals surface area contributed by atoms with Gasteiger partial charge in [-0.1, -0.05) is 22.0 Å². The van der Waals surface area contributed by atoms with Crippen LogP contribution in [0.4, 0.5) is 0 Å². The summed E-state index contributed by atoms with van der Waals surface area (Å²) in [4.78, 5) is 10.8. The summed E-state index contributed by atoms with van der Waals surface area (Å²) in [5.74, 6) is -0.947. The van der Waals surface area contributed by atoms with Gasteiger partial charge in [0.25, 0.3) is 0 Å². The zero-order valence-corrected chi connectivity index (χ0v) is 13.2. The molecule has 0 unspecified atom stereocenters. The highest BCUT2D eigenvalue weighted by atomic mass is 79.9. The maximum Gasteiger partial charge on any atom is 0.335 e. The Labute approximate surface area is 122 Å². The summed E-state index contributed by atoms with van der Waals surface area (Å²) in [6, 6.07) is 4.92. The van der Waals surface area contributed by atoms with Crippen molar-refractivity contribution in [2.75, 3.05) is 0 Å². The monoisotopic (exact) mass is 329 g/mol. The number of hydrogen-bond acceptors (Lipinski definition) is 3. The summed E-state index contributed by atoms with van der Waals surface area (Å²) in [7, 11) is 0. The molecular weight excluding hydrogens is 310 g/mol. The van der Waals surface area contributed by atoms with Crippen molar-refractivity contribution < 1.29 is 15.0 Å². The molecule has 0 aromatic heterocycles. The van der Waals surface area contributed by atoms with Gasteiger partial charge in [0.15, 0.2) is 0 Å². The Kier molecular flexibility index (Phi) is 4.76. The largest absolute Gasteiger partial charge is 0.478 e. The van der Waals surface area contributed by atoms with Crippen LogP contribution in [0.2, 0.25) is 0 Å². The minimum atomic E-state index is -0.947. The van der Waals surface area contributed by atoms with Gasteiger partial charge in [-0.2, -0.15) is 0 Å². The van der Waals surface area contributed by atoms with Crippen molar-refractivity contribution in [2.45, 2.75) is 45.4 Å². The Balaban J connectivity index is 2.82. The van der Waals surface area contributed by atoms with Crippen LogP contribution in [0.3, 0.4) is 0 Å². The van der Waals surface area contributed by atoms with E-state index in [1.165, 1.54) is 0 Å². The van der Waals surface area contributed by atoms with Gasteiger partial charge in [0.2, 0.25) is 0 Å². The van der Waals surface area contributed by atoms with Crippen LogP contribution in [0.1, 0.15) is 43.6 Å². The van der Waals surface area contributed by atoms with Crippen molar-refractivity contribution in [3.8, 4) is 0 Å². The molecule has 0 fully saturated rings. The molecule has 5 heteroatoms. The highest BCUT2D eigenvalue weighted by Gasteiger charge is 2.34. The number of carboxylic acid groups (broad SMARTS) is 1. The molecule has 1 aromatic carbocycles. The molecule has 1 aromatic rings. The van der Waals surface area contributed by atoms with Crippen LogP contribution in [0.5, 0.6) is 0 Å². The van der Waals surface area contributed by atoms with Gasteiger partial charge in [0.05, 0.1) is 11.2 Å². The third-order valence-corrected chi connectivity index (χ3v) is 4.29. The molecule has 1 rings (SSSR count). The lowest BCUT2D eigenvalue weighted by atomic mass is 9.86. The Morgan fingerprint density at radius 1 is 1.32 bits per heavy atom. The van der Waals surface area contributed by atoms with Crippen LogP contribution >= 0.6 is 15.9 Å². The summed E-state index contributed by atoms with van der Waals surface area (Å²) < 4.78 is 0.742. The summed E-state index contributed by atoms with van der Waals surface area (Å²) >= 11 is 3.37. The Morgan fingerprint density at radius 3 is 2.32 bits per heavy atom. The number of halogens is 1. The summed E-state index contributed by atoms with van der Waals surface area (Å²) in [6.45, 7) is 7.89. The van der Waals surface area contributed by atoms with Gasteiger partial charge in [-0.25, -0.2) is 4.79 Å². The first-order chi connectivity index (χ1) is 8.54. The van der Waals surface area contributed by atoms with Crippen LogP contribution in [0.15, 0.2) is 22.7 Å². The molecule has 3 N–H and O–H groups in total. The van der Waals surface area contributed by atoms with Crippen LogP contribution in [0.25, 0.3) is 0 Å². The molecule has 0 radical (unpaired) electrons. The van der Waals surface area contributed by atoms with Crippen LogP contribution in [0, 0.1) is 0 Å². The predicted molar refractivity (Wildman–Crippen MR) is 78.3 cm³/mol. The van der Waals surface area contributed by atoms with Crippen molar-refractivity contribution >= 4 is 21.9 Å². The van der Waals surface area contributed by atoms with E-state index in [2.05, 4.69) is 21.2 Å². The number of benzene rings is 1. The van der Waals surface area contributed by atoms with E-state index in [9.17, 15) is 9.90 Å². The number of hydrogen-bond donors (Lipinski definition) is 3. The molecular formula is C14H20BrNO3. The van der Waals surface area contributed by atoms with Crippen molar-refractivity contribution in [3.63, 3.8) is 0 Å². The fraction of sp³-hybridized carbons (Fsp3) is 0.500. The molecule has 0 spiro atoms. The average molecular weight is 330 g/mol. The molecule has 19 heavy (non-hydrogen) atoms. The minimum absolute atomic E-state index is 0.248. The average Bonchev–Trinajstić information content (AvgIpc) is 2.25. The van der Waals surface area contributed by atoms with Gasteiger partial charge in [-0.3, -0.25) is 0 Å². The lowest BCUT2D eigenvalue weighted by molar-refractivity contribution is -0.00534. The molecule has 0 heterocycles. The molecule has 0 atom stereocenters. The molecule has 0 saturated carbocycles. The maximum atomic E-state index is 10.8. The highest BCUT2D eigenvalue weighted by molar-refractivity contribution is 9.10. The van der Waals surface area contributed by atoms with E-state index in [1.807, 2.05) is 13.8 Å². The van der Waals surface area contributed by atoms with E-state index in [4.69, 9.17) is 5.11 Å². The molecule has 0 saturated heterocycles. The van der Waals surface area contributed by atoms with Gasteiger partial charge in [0, 0.05) is 16.6 Å². The Hall–Kier alpha value is -0.910. The van der Waals surface area contributed by atoms with Gasteiger partial charge in [0.1, 0.15) is 0 Å². The molecule has 0 aliphatic heterocycles. The van der Waals surface area contributed by atoms with Crippen molar-refractivity contribution in [2.24, 2.45) is 0 Å². The topological polar surface area (TPSA) is 69.6 Å². The second kappa shape index (κ2) is 5.61. The number of aliphatic hydroxyl groups is 1. The number of aromatic carboxylic acids is 1. The van der Waals surface area contributed by atoms with E-state index < -0.39 is 17.1 Å². The lowest BCUT2D eigenvalue weighted by Crippen LogP contribution is -2.55. The fourth-order valence-corrected chi connectivity index (χ4v) is 1.88. The van der Waals surface area contributed by atoms with Crippen LogP contribution in [-0.4, -0.2) is 27.3 Å². The third-order valence-electron chi connectivity index (χ3n) is 3.55. The molecule has 106 valence electrons. The summed E-state index contributed by atoms with van der Waals surface area (Å²) in [6.07, 6.45) is 0. The maximum absolute atomic E-state index is 10.8. The van der Waals surface area contributed by atoms with E-state index in [0.29, 0.717) is 6.54 Å². The van der Waals surface area contributed by atoms with Gasteiger partial charge >= 0.3 is 5.97 Å². The minimum Gasteiger partial charge on any atom is -0.478 e. The highest BCUT2D eigenvalue weighted by Crippen LogP contribution is 2.23. The fourth-order valence-electron chi connectivity index (χ4n) is 1.36. The van der Waals surface area contributed by atoms with E-state index >= 15 is 0 Å². The van der Waals surface area contributed by atoms with Gasteiger partial charge < -0.3 is 15.5 Å². The summed E-state index contributed by atoms with van der Waals surface area (Å²) in [5.41, 5.74) is -0.127. The first kappa shape index (κ1) is 16.1. The van der Waals surface area contributed by atoms with Gasteiger partial charge in [-0.15, -0.1) is 0 Å². The van der Waals surface area contributed by atoms with E-state index in [-0.39, 0.29) is 5.56 Å². The third kappa shape index (κ3) is 4.03. The SMILES string of the molecule is CC(C)(O)C(C)(C)NCc1ccc(C(=O)O)cc1Br. The second-order valence-electron chi connectivity index (χ2n) is 5.65. The van der Waals surface area contributed by atoms with E-state index in [1.54, 1.807) is 32.0 Å². The normalized spacial score (nSPS) is 12.5. The Morgan fingerprint density at radius 2 is 1.89 bits per heavy atom. The molecule has 0 aliphatic rings. The van der Waals surface area contributed by atoms with Crippen LogP contribution < -0.4 is 5.32 Å². The quantitative estimate of drug-likeness (QED) is 0.776. The molecule has 0 bridgehead atoms. The second-order valence-corrected chi connectivity index (χ2v) is 6.50. The first-order valence-electron chi connectivity index (χ1n) is 6.04. The van der Waals surface area contributed by atoms with Crippen LogP contribution in [-0.2, 0) is 6.54 Å². The van der Waals surface area contributed by atoms with Gasteiger partial charge in [-0.05, 0) is 45.4 Å². The molecule has 4 nitrogen and oxygen atoms in total. The van der Waals surface area contributed by atoms with Crippen molar-refractivity contribution in [3.05, 3.63) is 33.8 Å². The number of rotatable bonds is 5. The number of carboxylic acids is 1. The van der Waals surface area contributed by atoms with Crippen molar-refractivity contribution in [1.29, 1.82) is 0 Å². The summed E-state index contributed by atoms with van der Waals surface area (Å²) in [5, 5.41) is 22.2. The molecule has 0 amide bonds. The zero-order valence-electron chi connectivity index (χ0n) is 11.6. The molecule has 0 aliphatic carbocycles. The lowest BCUT2D eigenvalue weighted by Gasteiger charge is -2.38. The predicted octanol–water partition coefficient (Wildman–Crippen LogP) is 2.79. The number of carbonyl (C=O) groups is 1. The first-order valence-corrected chi connectivity index (χ1v) is 6.83. The van der Waals surface area contributed by atoms with Crippen molar-refractivity contribution in [1.82, 2.24) is 5.32 Å². The number of nitrogens with one attached hydrogen (secondary N) is 1. The zero-order chi connectivity index (χ0) is 14.8. The Bertz CT molecular complexity index is 478.